The van der Waals surface area contributed by atoms with Crippen molar-refractivity contribution >= 4 is 23.7 Å². The monoisotopic (exact) mass is 400 g/mol. The van der Waals surface area contributed by atoms with E-state index in [1.165, 1.54) is 0 Å². The van der Waals surface area contributed by atoms with Crippen molar-refractivity contribution in [3.63, 3.8) is 0 Å². The van der Waals surface area contributed by atoms with Crippen molar-refractivity contribution in [2.75, 3.05) is 13.1 Å². The summed E-state index contributed by atoms with van der Waals surface area (Å²) in [5.41, 5.74) is 2.85. The molecule has 6 nitrogen and oxygen atoms in total. The number of likely N-dealkylation sites (tertiary alicyclic amines) is 1. The van der Waals surface area contributed by atoms with Crippen molar-refractivity contribution in [2.45, 2.75) is 32.5 Å². The summed E-state index contributed by atoms with van der Waals surface area (Å²) in [5.74, 6) is 0. The summed E-state index contributed by atoms with van der Waals surface area (Å²) in [4.78, 5) is 25.9. The van der Waals surface area contributed by atoms with Crippen molar-refractivity contribution in [3.8, 4) is 0 Å². The van der Waals surface area contributed by atoms with E-state index < -0.39 is 0 Å². The molecule has 3 rings (SSSR count). The van der Waals surface area contributed by atoms with Gasteiger partial charge in [-0.1, -0.05) is 54.1 Å². The van der Waals surface area contributed by atoms with Crippen LogP contribution in [0.4, 0.5) is 9.59 Å². The molecular weight excluding hydrogens is 376 g/mol. The van der Waals surface area contributed by atoms with Crippen molar-refractivity contribution in [1.82, 2.24) is 20.9 Å². The lowest BCUT2D eigenvalue weighted by Gasteiger charge is -2.16. The van der Waals surface area contributed by atoms with Crippen molar-refractivity contribution in [1.29, 1.82) is 0 Å². The molecule has 1 heterocycles. The van der Waals surface area contributed by atoms with Crippen LogP contribution in [-0.2, 0) is 19.6 Å². The second-order valence-corrected chi connectivity index (χ2v) is 7.21. The average molecular weight is 401 g/mol. The smallest absolute Gasteiger partial charge is 0.317 e. The molecule has 0 spiro atoms. The number of hydrogen-bond acceptors (Lipinski definition) is 2. The number of nitrogens with one attached hydrogen (secondary N) is 3. The van der Waals surface area contributed by atoms with Crippen LogP contribution in [0.3, 0.4) is 0 Å². The standard InChI is InChI=1S/C21H25ClN4O2/c22-19-9-2-1-8-18(19)15-24-20(27)23-13-16-6-5-7-17(12-16)14-25-21(28)26-10-3-4-11-26/h1-2,5-9,12H,3-4,10-11,13-15H2,(H,25,28)(H2,23,24,27). The van der Waals surface area contributed by atoms with Gasteiger partial charge in [-0.2, -0.15) is 0 Å². The summed E-state index contributed by atoms with van der Waals surface area (Å²) in [6, 6.07) is 15.0. The average Bonchev–Trinajstić information content (AvgIpc) is 3.25. The Morgan fingerprint density at radius 1 is 0.857 bits per heavy atom. The van der Waals surface area contributed by atoms with Crippen LogP contribution in [0.5, 0.6) is 0 Å². The Labute approximate surface area is 170 Å². The van der Waals surface area contributed by atoms with E-state index >= 15 is 0 Å². The molecule has 2 aromatic carbocycles. The lowest BCUT2D eigenvalue weighted by atomic mass is 10.1. The fraction of sp³-hybridized carbons (Fsp3) is 0.333. The van der Waals surface area contributed by atoms with Crippen LogP contribution in [0.1, 0.15) is 29.5 Å². The quantitative estimate of drug-likeness (QED) is 0.692. The Morgan fingerprint density at radius 3 is 2.21 bits per heavy atom. The van der Waals surface area contributed by atoms with E-state index in [1.54, 1.807) is 6.07 Å². The number of halogens is 1. The van der Waals surface area contributed by atoms with E-state index in [4.69, 9.17) is 11.6 Å². The zero-order valence-corrected chi connectivity index (χ0v) is 16.5. The molecule has 1 aliphatic rings. The second kappa shape index (κ2) is 9.99. The molecule has 0 unspecified atom stereocenters. The third-order valence-electron chi connectivity index (χ3n) is 4.68. The molecule has 0 saturated carbocycles. The van der Waals surface area contributed by atoms with Gasteiger partial charge in [0.25, 0.3) is 0 Å². The molecule has 7 heteroatoms. The highest BCUT2D eigenvalue weighted by Crippen LogP contribution is 2.14. The van der Waals surface area contributed by atoms with Gasteiger partial charge in [0.2, 0.25) is 0 Å². The number of hydrogen-bond donors (Lipinski definition) is 3. The predicted octanol–water partition coefficient (Wildman–Crippen LogP) is 3.64. The molecule has 4 amide bonds. The maximum absolute atomic E-state index is 12.1. The molecule has 28 heavy (non-hydrogen) atoms. The Hall–Kier alpha value is -2.73. The van der Waals surface area contributed by atoms with Gasteiger partial charge in [-0.15, -0.1) is 0 Å². The van der Waals surface area contributed by atoms with Gasteiger partial charge < -0.3 is 20.9 Å². The predicted molar refractivity (Wildman–Crippen MR) is 110 cm³/mol. The molecule has 2 aromatic rings. The minimum atomic E-state index is -0.257. The van der Waals surface area contributed by atoms with Crippen LogP contribution in [0.25, 0.3) is 0 Å². The fourth-order valence-corrected chi connectivity index (χ4v) is 3.32. The van der Waals surface area contributed by atoms with Crippen LogP contribution in [0, 0.1) is 0 Å². The lowest BCUT2D eigenvalue weighted by molar-refractivity contribution is 0.208. The molecule has 0 radical (unpaired) electrons. The van der Waals surface area contributed by atoms with Gasteiger partial charge in [0.1, 0.15) is 0 Å². The van der Waals surface area contributed by atoms with Gasteiger partial charge in [-0.05, 0) is 35.6 Å². The van der Waals surface area contributed by atoms with Crippen LogP contribution < -0.4 is 16.0 Å². The Balaban J connectivity index is 1.43. The number of carbonyl (C=O) groups is 2. The van der Waals surface area contributed by atoms with Gasteiger partial charge in [0.05, 0.1) is 0 Å². The van der Waals surface area contributed by atoms with Crippen molar-refractivity contribution in [2.24, 2.45) is 0 Å². The summed E-state index contributed by atoms with van der Waals surface area (Å²) in [6.45, 7) is 2.91. The van der Waals surface area contributed by atoms with Gasteiger partial charge in [-0.25, -0.2) is 9.59 Å². The number of nitrogens with zero attached hydrogens (tertiary/aromatic N) is 1. The van der Waals surface area contributed by atoms with E-state index in [0.29, 0.717) is 24.7 Å². The zero-order chi connectivity index (χ0) is 19.8. The Kier molecular flexibility index (Phi) is 7.14. The number of urea groups is 2. The van der Waals surface area contributed by atoms with E-state index in [9.17, 15) is 9.59 Å². The third-order valence-corrected chi connectivity index (χ3v) is 5.05. The number of rotatable bonds is 6. The highest BCUT2D eigenvalue weighted by atomic mass is 35.5. The molecule has 1 aliphatic heterocycles. The molecule has 0 bridgehead atoms. The van der Waals surface area contributed by atoms with Gasteiger partial charge >= 0.3 is 12.1 Å². The van der Waals surface area contributed by atoms with Gasteiger partial charge in [0, 0.05) is 37.7 Å². The Bertz CT molecular complexity index is 822. The molecule has 3 N–H and O–H groups in total. The SMILES string of the molecule is O=C(NCc1cccc(CNC(=O)N2CCCC2)c1)NCc1ccccc1Cl. The molecule has 1 saturated heterocycles. The summed E-state index contributed by atoms with van der Waals surface area (Å²) in [6.07, 6.45) is 2.15. The minimum absolute atomic E-state index is 0.0139. The van der Waals surface area contributed by atoms with E-state index in [-0.39, 0.29) is 12.1 Å². The van der Waals surface area contributed by atoms with Crippen molar-refractivity contribution < 1.29 is 9.59 Å². The molecule has 0 atom stereocenters. The first-order valence-corrected chi connectivity index (χ1v) is 9.85. The second-order valence-electron chi connectivity index (χ2n) is 6.80. The zero-order valence-electron chi connectivity index (χ0n) is 15.7. The van der Waals surface area contributed by atoms with E-state index in [0.717, 1.165) is 42.6 Å². The van der Waals surface area contributed by atoms with Crippen LogP contribution >= 0.6 is 11.6 Å². The first kappa shape index (κ1) is 20.0. The number of amides is 4. The fourth-order valence-electron chi connectivity index (χ4n) is 3.12. The van der Waals surface area contributed by atoms with Gasteiger partial charge in [0.15, 0.2) is 0 Å². The first-order chi connectivity index (χ1) is 13.6. The highest BCUT2D eigenvalue weighted by molar-refractivity contribution is 6.31. The summed E-state index contributed by atoms with van der Waals surface area (Å²) in [7, 11) is 0. The lowest BCUT2D eigenvalue weighted by Crippen LogP contribution is -2.37. The maximum atomic E-state index is 12.1. The number of carbonyl (C=O) groups excluding carboxylic acids is 2. The van der Waals surface area contributed by atoms with Gasteiger partial charge in [-0.3, -0.25) is 0 Å². The summed E-state index contributed by atoms with van der Waals surface area (Å²) >= 11 is 6.09. The highest BCUT2D eigenvalue weighted by Gasteiger charge is 2.17. The van der Waals surface area contributed by atoms with Crippen molar-refractivity contribution in [3.05, 3.63) is 70.2 Å². The van der Waals surface area contributed by atoms with Crippen LogP contribution in [0.2, 0.25) is 5.02 Å². The van der Waals surface area contributed by atoms with Crippen LogP contribution in [0.15, 0.2) is 48.5 Å². The number of benzene rings is 2. The normalized spacial score (nSPS) is 13.2. The first-order valence-electron chi connectivity index (χ1n) is 9.47. The largest absolute Gasteiger partial charge is 0.334 e. The van der Waals surface area contributed by atoms with E-state index in [2.05, 4.69) is 16.0 Å². The molecule has 0 aliphatic carbocycles. The summed E-state index contributed by atoms with van der Waals surface area (Å²) in [5, 5.41) is 9.22. The minimum Gasteiger partial charge on any atom is -0.334 e. The topological polar surface area (TPSA) is 73.5 Å². The molecule has 1 fully saturated rings. The third kappa shape index (κ3) is 5.89. The molecule has 148 valence electrons. The van der Waals surface area contributed by atoms with Crippen LogP contribution in [-0.4, -0.2) is 30.1 Å². The Morgan fingerprint density at radius 2 is 1.50 bits per heavy atom. The molecule has 0 aromatic heterocycles. The summed E-state index contributed by atoms with van der Waals surface area (Å²) < 4.78 is 0. The van der Waals surface area contributed by atoms with E-state index in [1.807, 2.05) is 47.4 Å². The molecular formula is C21H25ClN4O2. The maximum Gasteiger partial charge on any atom is 0.317 e.